The van der Waals surface area contributed by atoms with Crippen molar-refractivity contribution in [2.24, 2.45) is 0 Å². The number of aromatic nitrogens is 3. The number of thiophene rings is 1. The van der Waals surface area contributed by atoms with E-state index in [1.807, 2.05) is 29.7 Å². The summed E-state index contributed by atoms with van der Waals surface area (Å²) in [6, 6.07) is 34.1. The van der Waals surface area contributed by atoms with Gasteiger partial charge in [-0.15, -0.1) is 11.3 Å². The highest BCUT2D eigenvalue weighted by Gasteiger charge is 2.24. The molecule has 1 aliphatic heterocycles. The SMILES string of the molecule is c1cc2c3c(cccc3c1)-c1cnc(-n3c4ccccc4c4ccc5c6ccccc6sc5c43)nc1O2. The van der Waals surface area contributed by atoms with Gasteiger partial charge in [0.2, 0.25) is 11.8 Å². The van der Waals surface area contributed by atoms with E-state index in [2.05, 4.69) is 89.5 Å². The normalized spacial score (nSPS) is 12.5. The molecule has 0 saturated carbocycles. The van der Waals surface area contributed by atoms with Gasteiger partial charge in [-0.25, -0.2) is 4.98 Å². The topological polar surface area (TPSA) is 39.9 Å². The van der Waals surface area contributed by atoms with Crippen LogP contribution in [-0.4, -0.2) is 14.5 Å². The smallest absolute Gasteiger partial charge is 0.238 e. The van der Waals surface area contributed by atoms with Crippen LogP contribution < -0.4 is 4.74 Å². The molecule has 0 fully saturated rings. The van der Waals surface area contributed by atoms with Crippen LogP contribution in [0.1, 0.15) is 0 Å². The monoisotopic (exact) mass is 491 g/mol. The first-order chi connectivity index (χ1) is 18.3. The average Bonchev–Trinajstić information content (AvgIpc) is 3.49. The van der Waals surface area contributed by atoms with Gasteiger partial charge in [0.05, 0.1) is 21.3 Å². The number of ether oxygens (including phenoxy) is 1. The van der Waals surface area contributed by atoms with Gasteiger partial charge in [0.15, 0.2) is 0 Å². The molecule has 0 N–H and O–H groups in total. The number of fused-ring (bicyclic) bond motifs is 9. The summed E-state index contributed by atoms with van der Waals surface area (Å²) in [5.41, 5.74) is 4.25. The third-order valence-corrected chi connectivity index (χ3v) is 8.68. The number of nitrogens with zero attached hydrogens (tertiary/aromatic N) is 3. The summed E-state index contributed by atoms with van der Waals surface area (Å²) in [5.74, 6) is 2.03. The molecule has 37 heavy (non-hydrogen) atoms. The van der Waals surface area contributed by atoms with Crippen molar-refractivity contribution in [3.63, 3.8) is 0 Å². The summed E-state index contributed by atoms with van der Waals surface area (Å²) >= 11 is 1.82. The van der Waals surface area contributed by atoms with Crippen LogP contribution >= 0.6 is 11.3 Å². The van der Waals surface area contributed by atoms with E-state index in [4.69, 9.17) is 14.7 Å². The Hall–Kier alpha value is -4.74. The second-order valence-electron chi connectivity index (χ2n) is 9.44. The molecule has 5 heteroatoms. The van der Waals surface area contributed by atoms with Gasteiger partial charge in [-0.1, -0.05) is 78.9 Å². The minimum atomic E-state index is 0.589. The van der Waals surface area contributed by atoms with Gasteiger partial charge in [-0.05, 0) is 23.6 Å². The Morgan fingerprint density at radius 2 is 1.49 bits per heavy atom. The molecule has 0 atom stereocenters. The van der Waals surface area contributed by atoms with Gasteiger partial charge in [0.25, 0.3) is 0 Å². The fraction of sp³-hybridized carbons (Fsp3) is 0. The molecule has 4 nitrogen and oxygen atoms in total. The second-order valence-corrected chi connectivity index (χ2v) is 10.5. The summed E-state index contributed by atoms with van der Waals surface area (Å²) in [5, 5.41) is 7.19. The van der Waals surface area contributed by atoms with Gasteiger partial charge in [0.1, 0.15) is 5.75 Å². The molecule has 5 aromatic carbocycles. The summed E-state index contributed by atoms with van der Waals surface area (Å²) in [6.07, 6.45) is 1.91. The van der Waals surface area contributed by atoms with Gasteiger partial charge < -0.3 is 4.74 Å². The van der Waals surface area contributed by atoms with Gasteiger partial charge in [0, 0.05) is 43.4 Å². The van der Waals surface area contributed by atoms with Gasteiger partial charge in [-0.2, -0.15) is 4.98 Å². The molecular formula is C32H17N3OS. The molecule has 0 radical (unpaired) electrons. The van der Waals surface area contributed by atoms with E-state index in [1.165, 1.54) is 30.9 Å². The molecule has 0 aliphatic carbocycles. The van der Waals surface area contributed by atoms with E-state index >= 15 is 0 Å². The van der Waals surface area contributed by atoms with Crippen LogP contribution in [0.15, 0.2) is 103 Å². The van der Waals surface area contributed by atoms with Crippen LogP contribution in [0.3, 0.4) is 0 Å². The van der Waals surface area contributed by atoms with Crippen molar-refractivity contribution in [1.29, 1.82) is 0 Å². The van der Waals surface area contributed by atoms with Crippen LogP contribution in [0.25, 0.3) is 69.8 Å². The van der Waals surface area contributed by atoms with Gasteiger partial charge >= 0.3 is 0 Å². The lowest BCUT2D eigenvalue weighted by atomic mass is 9.97. The minimum absolute atomic E-state index is 0.589. The molecule has 9 rings (SSSR count). The third-order valence-electron chi connectivity index (χ3n) is 7.48. The van der Waals surface area contributed by atoms with Crippen LogP contribution in [0.4, 0.5) is 0 Å². The number of hydrogen-bond donors (Lipinski definition) is 0. The zero-order chi connectivity index (χ0) is 24.1. The van der Waals surface area contributed by atoms with Crippen LogP contribution in [0, 0.1) is 0 Å². The van der Waals surface area contributed by atoms with Crippen molar-refractivity contribution >= 4 is 64.1 Å². The summed E-state index contributed by atoms with van der Waals surface area (Å²) in [6.45, 7) is 0. The number of benzene rings is 5. The molecule has 1 aliphatic rings. The average molecular weight is 492 g/mol. The summed E-state index contributed by atoms with van der Waals surface area (Å²) < 4.78 is 11.1. The first kappa shape index (κ1) is 19.4. The fourth-order valence-corrected chi connectivity index (χ4v) is 7.13. The molecule has 0 amide bonds. The standard InChI is InChI=1S/C32H17N3OS/c1-3-12-25-19(9-1)22-15-16-23-20-10-2-4-14-27(20)37-30(23)29(22)35(25)32-33-17-24-21-11-5-7-18-8-6-13-26(28(18)21)36-31(24)34-32/h1-17H. The summed E-state index contributed by atoms with van der Waals surface area (Å²) in [7, 11) is 0. The van der Waals surface area contributed by atoms with E-state index in [0.29, 0.717) is 11.8 Å². The predicted octanol–water partition coefficient (Wildman–Crippen LogP) is 8.87. The highest BCUT2D eigenvalue weighted by atomic mass is 32.1. The van der Waals surface area contributed by atoms with E-state index in [1.54, 1.807) is 0 Å². The van der Waals surface area contributed by atoms with Crippen LogP contribution in [0.5, 0.6) is 11.6 Å². The Balaban J connectivity index is 1.38. The Kier molecular flexibility index (Phi) is 3.64. The fourth-order valence-electron chi connectivity index (χ4n) is 5.89. The summed E-state index contributed by atoms with van der Waals surface area (Å²) in [4.78, 5) is 9.97. The lowest BCUT2D eigenvalue weighted by molar-refractivity contribution is 0.465. The van der Waals surface area contributed by atoms with Crippen molar-refractivity contribution in [1.82, 2.24) is 14.5 Å². The largest absolute Gasteiger partial charge is 0.438 e. The second kappa shape index (κ2) is 6.93. The van der Waals surface area contributed by atoms with Crippen LogP contribution in [-0.2, 0) is 0 Å². The predicted molar refractivity (Wildman–Crippen MR) is 152 cm³/mol. The van der Waals surface area contributed by atoms with Crippen molar-refractivity contribution in [2.75, 3.05) is 0 Å². The minimum Gasteiger partial charge on any atom is -0.438 e. The molecule has 3 aromatic heterocycles. The Morgan fingerprint density at radius 3 is 2.43 bits per heavy atom. The highest BCUT2D eigenvalue weighted by molar-refractivity contribution is 7.26. The van der Waals surface area contributed by atoms with E-state index in [9.17, 15) is 0 Å². The maximum atomic E-state index is 6.39. The Labute approximate surface area is 215 Å². The third kappa shape index (κ3) is 2.51. The van der Waals surface area contributed by atoms with E-state index < -0.39 is 0 Å². The first-order valence-corrected chi connectivity index (χ1v) is 13.1. The maximum absolute atomic E-state index is 6.39. The number of para-hydroxylation sites is 1. The number of hydrogen-bond acceptors (Lipinski definition) is 4. The molecular weight excluding hydrogens is 474 g/mol. The molecule has 172 valence electrons. The van der Waals surface area contributed by atoms with Crippen molar-refractivity contribution in [2.45, 2.75) is 0 Å². The Bertz CT molecular complexity index is 2240. The Morgan fingerprint density at radius 1 is 0.676 bits per heavy atom. The quantitative estimate of drug-likeness (QED) is 0.230. The van der Waals surface area contributed by atoms with Crippen molar-refractivity contribution in [3.8, 4) is 28.7 Å². The molecule has 0 spiro atoms. The molecule has 0 bridgehead atoms. The molecule has 4 heterocycles. The van der Waals surface area contributed by atoms with Crippen LogP contribution in [0.2, 0.25) is 0 Å². The van der Waals surface area contributed by atoms with Gasteiger partial charge in [-0.3, -0.25) is 4.57 Å². The number of rotatable bonds is 1. The zero-order valence-corrected chi connectivity index (χ0v) is 20.3. The lowest BCUT2D eigenvalue weighted by Gasteiger charge is -2.20. The first-order valence-electron chi connectivity index (χ1n) is 12.3. The zero-order valence-electron chi connectivity index (χ0n) is 19.5. The molecule has 8 aromatic rings. The van der Waals surface area contributed by atoms with E-state index in [0.717, 1.165) is 38.7 Å². The molecule has 0 saturated heterocycles. The molecule has 0 unspecified atom stereocenters. The van der Waals surface area contributed by atoms with Crippen molar-refractivity contribution < 1.29 is 4.74 Å². The lowest BCUT2D eigenvalue weighted by Crippen LogP contribution is -2.06. The van der Waals surface area contributed by atoms with Crippen molar-refractivity contribution in [3.05, 3.63) is 103 Å². The van der Waals surface area contributed by atoms with E-state index in [-0.39, 0.29) is 0 Å². The highest BCUT2D eigenvalue weighted by Crippen LogP contribution is 2.46. The maximum Gasteiger partial charge on any atom is 0.238 e.